The lowest BCUT2D eigenvalue weighted by atomic mass is 9.93. The maximum atomic E-state index is 6.26. The first-order valence-corrected chi connectivity index (χ1v) is 20.2. The molecule has 0 radical (unpaired) electrons. The Bertz CT molecular complexity index is 3500. The second kappa shape index (κ2) is 13.4. The average molecular weight is 753 g/mol. The van der Waals surface area contributed by atoms with Crippen LogP contribution in [0.5, 0.6) is 0 Å². The van der Waals surface area contributed by atoms with Gasteiger partial charge in [0.15, 0.2) is 0 Å². The third-order valence-electron chi connectivity index (χ3n) is 12.0. The minimum absolute atomic E-state index is 0.899. The fraction of sp³-hybridized carbons (Fsp3) is 0. The van der Waals surface area contributed by atoms with Crippen molar-refractivity contribution in [3.63, 3.8) is 0 Å². The Balaban J connectivity index is 1.01. The quantitative estimate of drug-likeness (QED) is 0.158. The highest BCUT2D eigenvalue weighted by Gasteiger charge is 2.18. The van der Waals surface area contributed by atoms with E-state index in [1.807, 2.05) is 12.1 Å². The Morgan fingerprint density at radius 3 is 1.59 bits per heavy atom. The van der Waals surface area contributed by atoms with Crippen LogP contribution in [0.25, 0.3) is 93.2 Å². The third kappa shape index (κ3) is 5.36. The van der Waals surface area contributed by atoms with Gasteiger partial charge in [-0.15, -0.1) is 0 Å². The summed E-state index contributed by atoms with van der Waals surface area (Å²) in [4.78, 5) is 2.37. The van der Waals surface area contributed by atoms with Gasteiger partial charge in [0.2, 0.25) is 0 Å². The van der Waals surface area contributed by atoms with Crippen LogP contribution >= 0.6 is 0 Å². The van der Waals surface area contributed by atoms with E-state index in [0.717, 1.165) is 55.8 Å². The summed E-state index contributed by atoms with van der Waals surface area (Å²) < 4.78 is 8.65. The molecule has 3 nitrogen and oxygen atoms in total. The highest BCUT2D eigenvalue weighted by atomic mass is 16.3. The minimum Gasteiger partial charge on any atom is -0.456 e. The third-order valence-corrected chi connectivity index (χ3v) is 12.0. The van der Waals surface area contributed by atoms with Gasteiger partial charge >= 0.3 is 0 Å². The number of rotatable bonds is 6. The molecule has 12 aromatic rings. The van der Waals surface area contributed by atoms with E-state index in [1.54, 1.807) is 0 Å². The van der Waals surface area contributed by atoms with Crippen LogP contribution in [0.4, 0.5) is 17.1 Å². The van der Waals surface area contributed by atoms with Gasteiger partial charge in [0.05, 0.1) is 11.0 Å². The Labute approximate surface area is 341 Å². The smallest absolute Gasteiger partial charge is 0.136 e. The van der Waals surface area contributed by atoms with E-state index in [1.165, 1.54) is 54.5 Å². The van der Waals surface area contributed by atoms with Gasteiger partial charge in [-0.2, -0.15) is 0 Å². The van der Waals surface area contributed by atoms with Crippen molar-refractivity contribution < 1.29 is 4.42 Å². The molecule has 10 aromatic carbocycles. The highest BCUT2D eigenvalue weighted by molar-refractivity contribution is 6.14. The van der Waals surface area contributed by atoms with Crippen molar-refractivity contribution in [1.82, 2.24) is 4.57 Å². The van der Waals surface area contributed by atoms with Crippen LogP contribution in [-0.4, -0.2) is 4.57 Å². The van der Waals surface area contributed by atoms with Crippen LogP contribution in [-0.2, 0) is 0 Å². The molecule has 0 aliphatic carbocycles. The van der Waals surface area contributed by atoms with Crippen LogP contribution in [0.15, 0.2) is 223 Å². The molecule has 0 amide bonds. The van der Waals surface area contributed by atoms with Crippen molar-refractivity contribution >= 4 is 82.4 Å². The minimum atomic E-state index is 0.899. The Hall–Kier alpha value is -7.88. The SMILES string of the molecule is c1cc(N(c2ccc(-c3cc4ccccc4c4ccccc34)cc2)c2ccc(-c3cccc4oc5ccccc5c34)cc2)cc(-n2c3ccccc3c3ccccc32)c1. The first-order valence-electron chi connectivity index (χ1n) is 20.2. The average Bonchev–Trinajstić information content (AvgIpc) is 3.86. The molecule has 0 saturated heterocycles. The van der Waals surface area contributed by atoms with Crippen LogP contribution in [0, 0.1) is 0 Å². The molecule has 0 bridgehead atoms. The van der Waals surface area contributed by atoms with Gasteiger partial charge in [-0.25, -0.2) is 0 Å². The molecule has 0 aliphatic rings. The van der Waals surface area contributed by atoms with Crippen LogP contribution < -0.4 is 4.90 Å². The van der Waals surface area contributed by atoms with E-state index in [4.69, 9.17) is 4.42 Å². The topological polar surface area (TPSA) is 21.3 Å². The summed E-state index contributed by atoms with van der Waals surface area (Å²) in [5.74, 6) is 0. The number of fused-ring (bicyclic) bond motifs is 9. The fourth-order valence-corrected chi connectivity index (χ4v) is 9.31. The molecule has 0 aliphatic heterocycles. The highest BCUT2D eigenvalue weighted by Crippen LogP contribution is 2.42. The normalized spacial score (nSPS) is 11.7. The molecule has 2 heterocycles. The first kappa shape index (κ1) is 33.3. The van der Waals surface area contributed by atoms with Crippen molar-refractivity contribution in [2.24, 2.45) is 0 Å². The van der Waals surface area contributed by atoms with E-state index in [9.17, 15) is 0 Å². The Morgan fingerprint density at radius 1 is 0.339 bits per heavy atom. The van der Waals surface area contributed by atoms with E-state index in [-0.39, 0.29) is 0 Å². The first-order chi connectivity index (χ1) is 29.3. The van der Waals surface area contributed by atoms with Crippen molar-refractivity contribution in [3.05, 3.63) is 218 Å². The predicted molar refractivity (Wildman–Crippen MR) is 249 cm³/mol. The summed E-state index contributed by atoms with van der Waals surface area (Å²) >= 11 is 0. The van der Waals surface area contributed by atoms with Crippen molar-refractivity contribution in [3.8, 4) is 27.9 Å². The molecule has 0 N–H and O–H groups in total. The van der Waals surface area contributed by atoms with Crippen LogP contribution in [0.2, 0.25) is 0 Å². The van der Waals surface area contributed by atoms with Gasteiger partial charge in [0.1, 0.15) is 11.2 Å². The number of para-hydroxylation sites is 3. The van der Waals surface area contributed by atoms with E-state index < -0.39 is 0 Å². The molecular formula is C56H36N2O. The van der Waals surface area contributed by atoms with Crippen molar-refractivity contribution in [1.29, 1.82) is 0 Å². The molecule has 0 spiro atoms. The van der Waals surface area contributed by atoms with Crippen molar-refractivity contribution in [2.75, 3.05) is 4.90 Å². The Kier molecular flexibility index (Phi) is 7.54. The summed E-state index contributed by atoms with van der Waals surface area (Å²) in [6.45, 7) is 0. The zero-order chi connectivity index (χ0) is 38.9. The summed E-state index contributed by atoms with van der Waals surface area (Å²) in [6, 6.07) is 78.8. The van der Waals surface area contributed by atoms with Gasteiger partial charge in [-0.05, 0) is 117 Å². The molecule has 0 saturated carbocycles. The van der Waals surface area contributed by atoms with Gasteiger partial charge in [-0.1, -0.05) is 146 Å². The number of nitrogens with zero attached hydrogens (tertiary/aromatic N) is 2. The van der Waals surface area contributed by atoms with Gasteiger partial charge in [0, 0.05) is 44.3 Å². The molecule has 3 heteroatoms. The molecule has 12 rings (SSSR count). The van der Waals surface area contributed by atoms with E-state index in [0.29, 0.717) is 0 Å². The summed E-state index contributed by atoms with van der Waals surface area (Å²) in [5, 5.41) is 9.81. The summed E-state index contributed by atoms with van der Waals surface area (Å²) in [7, 11) is 0. The maximum absolute atomic E-state index is 6.26. The molecule has 0 atom stereocenters. The molecular weight excluding hydrogens is 717 g/mol. The standard InChI is InChI=1S/C56H36N2O/c1-2-16-44-39(13-1)35-51(47-18-4-3-17-46(44)47)38-29-33-41(34-30-38)57(40-31-27-37(28-32-40)45-22-12-26-55-56(45)50-21-7-10-25-54(50)59-55)42-14-11-15-43(36-42)58-52-23-8-5-19-48(52)49-20-6-9-24-53(49)58/h1-36H. The maximum Gasteiger partial charge on any atom is 0.136 e. The van der Waals surface area contributed by atoms with E-state index in [2.05, 4.69) is 216 Å². The Morgan fingerprint density at radius 2 is 0.881 bits per heavy atom. The van der Waals surface area contributed by atoms with Gasteiger partial charge in [0.25, 0.3) is 0 Å². The number of benzene rings is 10. The second-order valence-corrected chi connectivity index (χ2v) is 15.3. The molecule has 276 valence electrons. The second-order valence-electron chi connectivity index (χ2n) is 15.3. The summed E-state index contributed by atoms with van der Waals surface area (Å²) in [5.41, 5.74) is 13.2. The van der Waals surface area contributed by atoms with Gasteiger partial charge in [-0.3, -0.25) is 0 Å². The molecule has 59 heavy (non-hydrogen) atoms. The lowest BCUT2D eigenvalue weighted by Crippen LogP contribution is -2.10. The van der Waals surface area contributed by atoms with Crippen LogP contribution in [0.1, 0.15) is 0 Å². The zero-order valence-corrected chi connectivity index (χ0v) is 32.1. The molecule has 2 aromatic heterocycles. The predicted octanol–water partition coefficient (Wildman–Crippen LogP) is 15.8. The van der Waals surface area contributed by atoms with E-state index >= 15 is 0 Å². The lowest BCUT2D eigenvalue weighted by Gasteiger charge is -2.27. The fourth-order valence-electron chi connectivity index (χ4n) is 9.31. The number of anilines is 3. The largest absolute Gasteiger partial charge is 0.456 e. The number of hydrogen-bond donors (Lipinski definition) is 0. The van der Waals surface area contributed by atoms with Gasteiger partial charge < -0.3 is 13.9 Å². The van der Waals surface area contributed by atoms with Crippen LogP contribution in [0.3, 0.4) is 0 Å². The summed E-state index contributed by atoms with van der Waals surface area (Å²) in [6.07, 6.45) is 0. The number of furan rings is 1. The zero-order valence-electron chi connectivity index (χ0n) is 32.1. The van der Waals surface area contributed by atoms with Crippen molar-refractivity contribution in [2.45, 2.75) is 0 Å². The lowest BCUT2D eigenvalue weighted by molar-refractivity contribution is 0.669. The number of aromatic nitrogens is 1. The monoisotopic (exact) mass is 752 g/mol. The number of hydrogen-bond acceptors (Lipinski definition) is 2. The molecule has 0 unspecified atom stereocenters. The molecule has 0 fully saturated rings.